The highest BCUT2D eigenvalue weighted by Gasteiger charge is 2.29. The lowest BCUT2D eigenvalue weighted by Gasteiger charge is -2.23. The van der Waals surface area contributed by atoms with Crippen LogP contribution in [0.5, 0.6) is 0 Å². The summed E-state index contributed by atoms with van der Waals surface area (Å²) in [5, 5.41) is 11.3. The van der Waals surface area contributed by atoms with Crippen LogP contribution in [-0.4, -0.2) is 35.2 Å². The van der Waals surface area contributed by atoms with Crippen LogP contribution in [0.25, 0.3) is 0 Å². The van der Waals surface area contributed by atoms with Gasteiger partial charge in [-0.25, -0.2) is 13.6 Å². The van der Waals surface area contributed by atoms with E-state index in [9.17, 15) is 13.6 Å². The number of urea groups is 1. The van der Waals surface area contributed by atoms with Crippen molar-refractivity contribution in [2.75, 3.05) is 18.5 Å². The largest absolute Gasteiger partial charge is 0.394 e. The van der Waals surface area contributed by atoms with E-state index in [2.05, 4.69) is 11.2 Å². The quantitative estimate of drug-likeness (QED) is 0.813. The van der Waals surface area contributed by atoms with Gasteiger partial charge in [0.05, 0.1) is 12.6 Å². The summed E-state index contributed by atoms with van der Waals surface area (Å²) in [6, 6.07) is 1.01. The number of anilines is 1. The molecule has 0 aliphatic carbocycles. The van der Waals surface area contributed by atoms with Crippen molar-refractivity contribution in [1.29, 1.82) is 0 Å². The number of rotatable bonds is 2. The number of benzene rings is 1. The molecule has 1 aromatic rings. The molecule has 0 unspecified atom stereocenters. The normalized spacial score (nSPS) is 17.9. The highest BCUT2D eigenvalue weighted by Crippen LogP contribution is 2.23. The zero-order valence-corrected chi connectivity index (χ0v) is 10.7. The van der Waals surface area contributed by atoms with Gasteiger partial charge in [-0.15, -0.1) is 6.42 Å². The number of hydrogen-bond acceptors (Lipinski definition) is 2. The van der Waals surface area contributed by atoms with Crippen molar-refractivity contribution >= 4 is 11.7 Å². The summed E-state index contributed by atoms with van der Waals surface area (Å²) >= 11 is 0. The van der Waals surface area contributed by atoms with Gasteiger partial charge >= 0.3 is 6.03 Å². The van der Waals surface area contributed by atoms with Crippen LogP contribution in [0.3, 0.4) is 0 Å². The number of carbonyl (C=O) groups excluding carboxylic acids is 1. The molecule has 2 N–H and O–H groups in total. The number of amides is 2. The zero-order valence-electron chi connectivity index (χ0n) is 10.7. The number of aliphatic hydroxyl groups excluding tert-OH is 1. The van der Waals surface area contributed by atoms with E-state index >= 15 is 0 Å². The minimum Gasteiger partial charge on any atom is -0.394 e. The molecule has 1 atom stereocenters. The Hall–Kier alpha value is -2.13. The van der Waals surface area contributed by atoms with Gasteiger partial charge in [0.25, 0.3) is 0 Å². The van der Waals surface area contributed by atoms with Crippen LogP contribution in [0.15, 0.2) is 12.1 Å². The lowest BCUT2D eigenvalue weighted by Crippen LogP contribution is -2.40. The standard InChI is InChI=1S/C14H14F2N2O2/c1-2-9-6-11(15)13(12(16)7-9)17-14(20)18-5-3-4-10(18)8-19/h1,6-7,10,19H,3-5,8H2,(H,17,20)/t10-/m1/s1. The van der Waals surface area contributed by atoms with Gasteiger partial charge in [0.1, 0.15) is 5.69 Å². The average molecular weight is 280 g/mol. The minimum atomic E-state index is -0.925. The molecule has 1 heterocycles. The first-order chi connectivity index (χ1) is 9.56. The second kappa shape index (κ2) is 5.88. The molecule has 0 radical (unpaired) electrons. The van der Waals surface area contributed by atoms with Gasteiger partial charge in [0, 0.05) is 12.1 Å². The van der Waals surface area contributed by atoms with Crippen molar-refractivity contribution in [2.24, 2.45) is 0 Å². The van der Waals surface area contributed by atoms with Crippen LogP contribution in [0.2, 0.25) is 0 Å². The number of nitrogens with zero attached hydrogens (tertiary/aromatic N) is 1. The Kier molecular flexibility index (Phi) is 4.20. The van der Waals surface area contributed by atoms with E-state index in [-0.39, 0.29) is 18.2 Å². The number of halogens is 2. The molecule has 0 spiro atoms. The van der Waals surface area contributed by atoms with Gasteiger partial charge in [-0.05, 0) is 25.0 Å². The smallest absolute Gasteiger partial charge is 0.322 e. The minimum absolute atomic E-state index is 0.0624. The number of hydrogen-bond donors (Lipinski definition) is 2. The van der Waals surface area contributed by atoms with Gasteiger partial charge in [0.2, 0.25) is 0 Å². The van der Waals surface area contributed by atoms with Gasteiger partial charge in [-0.1, -0.05) is 5.92 Å². The summed E-state index contributed by atoms with van der Waals surface area (Å²) in [4.78, 5) is 13.3. The fraction of sp³-hybridized carbons (Fsp3) is 0.357. The van der Waals surface area contributed by atoms with Gasteiger partial charge in [-0.3, -0.25) is 0 Å². The molecule has 0 aromatic heterocycles. The molecule has 106 valence electrons. The second-order valence-corrected chi connectivity index (χ2v) is 4.56. The second-order valence-electron chi connectivity index (χ2n) is 4.56. The maximum absolute atomic E-state index is 13.7. The third-order valence-corrected chi connectivity index (χ3v) is 3.29. The third-order valence-electron chi connectivity index (χ3n) is 3.29. The number of terminal acetylenes is 1. The highest BCUT2D eigenvalue weighted by atomic mass is 19.1. The molecule has 2 amide bonds. The van der Waals surface area contributed by atoms with Crippen LogP contribution in [0.4, 0.5) is 19.3 Å². The summed E-state index contributed by atoms with van der Waals surface area (Å²) in [5.74, 6) is 0.274. The van der Waals surface area contributed by atoms with Gasteiger partial charge in [-0.2, -0.15) is 0 Å². The molecular weight excluding hydrogens is 266 g/mol. The van der Waals surface area contributed by atoms with E-state index in [0.717, 1.165) is 18.6 Å². The number of aliphatic hydroxyl groups is 1. The third kappa shape index (κ3) is 2.73. The van der Waals surface area contributed by atoms with E-state index in [0.29, 0.717) is 13.0 Å². The van der Waals surface area contributed by atoms with Crippen LogP contribution in [-0.2, 0) is 0 Å². The zero-order chi connectivity index (χ0) is 14.7. The molecule has 1 aliphatic heterocycles. The maximum atomic E-state index is 13.7. The van der Waals surface area contributed by atoms with E-state index in [4.69, 9.17) is 11.5 Å². The molecule has 2 rings (SSSR count). The molecular formula is C14H14F2N2O2. The van der Waals surface area contributed by atoms with E-state index < -0.39 is 23.4 Å². The summed E-state index contributed by atoms with van der Waals surface area (Å²) in [6.07, 6.45) is 6.49. The van der Waals surface area contributed by atoms with Crippen LogP contribution in [0.1, 0.15) is 18.4 Å². The van der Waals surface area contributed by atoms with Gasteiger partial charge in [0.15, 0.2) is 11.6 Å². The summed E-state index contributed by atoms with van der Waals surface area (Å²) < 4.78 is 27.4. The van der Waals surface area contributed by atoms with E-state index in [1.807, 2.05) is 0 Å². The molecule has 6 heteroatoms. The summed E-state index contributed by atoms with van der Waals surface area (Å²) in [5.41, 5.74) is -0.468. The lowest BCUT2D eigenvalue weighted by molar-refractivity contribution is 0.166. The Morgan fingerprint density at radius 1 is 1.50 bits per heavy atom. The predicted octanol–water partition coefficient (Wildman–Crippen LogP) is 1.93. The Bertz CT molecular complexity index is 546. The molecule has 1 aromatic carbocycles. The summed E-state index contributed by atoms with van der Waals surface area (Å²) in [7, 11) is 0. The fourth-order valence-electron chi connectivity index (χ4n) is 2.25. The molecule has 4 nitrogen and oxygen atoms in total. The monoisotopic (exact) mass is 280 g/mol. The first-order valence-corrected chi connectivity index (χ1v) is 6.21. The molecule has 1 saturated heterocycles. The molecule has 20 heavy (non-hydrogen) atoms. The Labute approximate surface area is 115 Å². The first-order valence-electron chi connectivity index (χ1n) is 6.21. The van der Waals surface area contributed by atoms with Crippen molar-refractivity contribution in [3.8, 4) is 12.3 Å². The fourth-order valence-corrected chi connectivity index (χ4v) is 2.25. The van der Waals surface area contributed by atoms with Crippen molar-refractivity contribution in [3.05, 3.63) is 29.3 Å². The van der Waals surface area contributed by atoms with Crippen molar-refractivity contribution < 1.29 is 18.7 Å². The van der Waals surface area contributed by atoms with Crippen molar-refractivity contribution in [3.63, 3.8) is 0 Å². The maximum Gasteiger partial charge on any atom is 0.322 e. The number of carbonyl (C=O) groups is 1. The predicted molar refractivity (Wildman–Crippen MR) is 70.1 cm³/mol. The Morgan fingerprint density at radius 3 is 2.70 bits per heavy atom. The highest BCUT2D eigenvalue weighted by molar-refractivity contribution is 5.90. The van der Waals surface area contributed by atoms with Crippen molar-refractivity contribution in [2.45, 2.75) is 18.9 Å². The Balaban J connectivity index is 2.18. The number of likely N-dealkylation sites (tertiary alicyclic amines) is 1. The molecule has 1 fully saturated rings. The van der Waals surface area contributed by atoms with Crippen molar-refractivity contribution in [1.82, 2.24) is 4.90 Å². The topological polar surface area (TPSA) is 52.6 Å². The lowest BCUT2D eigenvalue weighted by atomic mass is 10.2. The van der Waals surface area contributed by atoms with E-state index in [1.54, 1.807) is 0 Å². The van der Waals surface area contributed by atoms with Crippen LogP contribution in [0, 0.1) is 24.0 Å². The average Bonchev–Trinajstić information content (AvgIpc) is 2.90. The SMILES string of the molecule is C#Cc1cc(F)c(NC(=O)N2CCC[C@@H]2CO)c(F)c1. The number of nitrogens with one attached hydrogen (secondary N) is 1. The molecule has 0 bridgehead atoms. The molecule has 0 saturated carbocycles. The van der Waals surface area contributed by atoms with Gasteiger partial charge < -0.3 is 15.3 Å². The van der Waals surface area contributed by atoms with Crippen LogP contribution < -0.4 is 5.32 Å². The van der Waals surface area contributed by atoms with Crippen LogP contribution >= 0.6 is 0 Å². The first kappa shape index (κ1) is 14.3. The van der Waals surface area contributed by atoms with E-state index in [1.165, 1.54) is 4.90 Å². The summed E-state index contributed by atoms with van der Waals surface area (Å²) in [6.45, 7) is 0.275. The Morgan fingerprint density at radius 2 is 2.15 bits per heavy atom. The molecule has 1 aliphatic rings.